The Labute approximate surface area is 225 Å². The van der Waals surface area contributed by atoms with E-state index in [0.717, 1.165) is 21.8 Å². The Morgan fingerprint density at radius 1 is 1.13 bits per heavy atom. The van der Waals surface area contributed by atoms with Crippen LogP contribution in [-0.2, 0) is 32.7 Å². The van der Waals surface area contributed by atoms with Gasteiger partial charge in [-0.25, -0.2) is 9.78 Å². The van der Waals surface area contributed by atoms with E-state index in [0.29, 0.717) is 17.9 Å². The van der Waals surface area contributed by atoms with Crippen LogP contribution in [0.2, 0.25) is 0 Å². The second kappa shape index (κ2) is 13.4. The van der Waals surface area contributed by atoms with E-state index in [4.69, 9.17) is 14.2 Å². The normalized spacial score (nSPS) is 19.1. The second-order valence-electron chi connectivity index (χ2n) is 8.72. The van der Waals surface area contributed by atoms with Gasteiger partial charge in [0.25, 0.3) is 0 Å². The third-order valence-corrected chi connectivity index (χ3v) is 7.12. The van der Waals surface area contributed by atoms with Gasteiger partial charge < -0.3 is 34.5 Å². The number of imidazole rings is 1. The molecule has 3 aromatic rings. The fraction of sp³-hybridized carbons (Fsp3) is 0.370. The molecule has 38 heavy (non-hydrogen) atoms. The fourth-order valence-corrected chi connectivity index (χ4v) is 4.89. The Balaban J connectivity index is 1.43. The van der Waals surface area contributed by atoms with E-state index in [9.17, 15) is 14.7 Å². The van der Waals surface area contributed by atoms with Crippen molar-refractivity contribution in [2.75, 3.05) is 24.2 Å². The molecule has 1 aliphatic heterocycles. The minimum absolute atomic E-state index is 0.0122. The number of hydrogen-bond acceptors (Lipinski definition) is 8. The van der Waals surface area contributed by atoms with E-state index in [1.165, 1.54) is 0 Å². The van der Waals surface area contributed by atoms with E-state index in [2.05, 4.69) is 15.6 Å². The Kier molecular flexibility index (Phi) is 9.77. The largest absolute Gasteiger partial charge is 0.465 e. The van der Waals surface area contributed by atoms with Crippen LogP contribution in [0.1, 0.15) is 42.4 Å². The average molecular weight is 541 g/mol. The molecule has 0 bridgehead atoms. The van der Waals surface area contributed by atoms with Crippen LogP contribution in [0.5, 0.6) is 0 Å². The summed E-state index contributed by atoms with van der Waals surface area (Å²) in [6.07, 6.45) is 3.46. The van der Waals surface area contributed by atoms with Gasteiger partial charge in [0.15, 0.2) is 11.4 Å². The van der Waals surface area contributed by atoms with Crippen molar-refractivity contribution in [2.45, 2.75) is 43.6 Å². The summed E-state index contributed by atoms with van der Waals surface area (Å²) >= 11 is 1.63. The molecular formula is C27H32N4O6S. The standard InChI is InChI=1S/C27H32N4O6S/c1-3-35-24(33)15-29-26(34)30-21-10-8-20(9-11-21)25-36-22(17-38-27-28-12-13-31(27)2)14-23(37-25)19-6-4-18(16-32)5-7-19/h4-13,22-23,25,32H,3,14-17H2,1-2H3,(H2,29,30,34). The van der Waals surface area contributed by atoms with Crippen LogP contribution < -0.4 is 10.6 Å². The number of aromatic nitrogens is 2. The number of urea groups is 1. The van der Waals surface area contributed by atoms with Crippen molar-refractivity contribution in [3.05, 3.63) is 77.6 Å². The maximum absolute atomic E-state index is 12.1. The highest BCUT2D eigenvalue weighted by molar-refractivity contribution is 7.99. The number of nitrogens with one attached hydrogen (secondary N) is 2. The first-order chi connectivity index (χ1) is 18.4. The average Bonchev–Trinajstić information content (AvgIpc) is 3.35. The molecule has 3 atom stereocenters. The molecule has 4 rings (SSSR count). The van der Waals surface area contributed by atoms with Crippen molar-refractivity contribution >= 4 is 29.4 Å². The first-order valence-corrected chi connectivity index (χ1v) is 13.3. The summed E-state index contributed by atoms with van der Waals surface area (Å²) in [5.41, 5.74) is 3.22. The SMILES string of the molecule is CCOC(=O)CNC(=O)Nc1ccc(C2OC(CSc3nccn3C)CC(c3ccc(CO)cc3)O2)cc1. The highest BCUT2D eigenvalue weighted by Crippen LogP contribution is 2.39. The van der Waals surface area contributed by atoms with Crippen LogP contribution in [0.15, 0.2) is 66.1 Å². The number of hydrogen-bond donors (Lipinski definition) is 3. The highest BCUT2D eigenvalue weighted by atomic mass is 32.2. The second-order valence-corrected chi connectivity index (χ2v) is 9.70. The molecule has 11 heteroatoms. The molecular weight excluding hydrogens is 508 g/mol. The number of benzene rings is 2. The molecule has 2 heterocycles. The van der Waals surface area contributed by atoms with Crippen LogP contribution in [-0.4, -0.2) is 51.7 Å². The number of aliphatic hydroxyl groups excluding tert-OH is 1. The Morgan fingerprint density at radius 2 is 1.87 bits per heavy atom. The number of amides is 2. The van der Waals surface area contributed by atoms with Gasteiger partial charge in [-0.05, 0) is 30.2 Å². The van der Waals surface area contributed by atoms with Crippen molar-refractivity contribution in [2.24, 2.45) is 7.05 Å². The van der Waals surface area contributed by atoms with Gasteiger partial charge in [-0.1, -0.05) is 48.2 Å². The zero-order valence-electron chi connectivity index (χ0n) is 21.3. The lowest BCUT2D eigenvalue weighted by atomic mass is 10.0. The van der Waals surface area contributed by atoms with E-state index in [-0.39, 0.29) is 32.0 Å². The molecule has 1 aliphatic rings. The van der Waals surface area contributed by atoms with E-state index >= 15 is 0 Å². The minimum Gasteiger partial charge on any atom is -0.465 e. The Hall–Kier alpha value is -3.38. The third kappa shape index (κ3) is 7.57. The van der Waals surface area contributed by atoms with E-state index in [1.807, 2.05) is 54.2 Å². The molecule has 3 unspecified atom stereocenters. The predicted molar refractivity (Wildman–Crippen MR) is 142 cm³/mol. The molecule has 1 aromatic heterocycles. The number of esters is 1. The van der Waals surface area contributed by atoms with Crippen LogP contribution in [0.25, 0.3) is 0 Å². The van der Waals surface area contributed by atoms with Crippen molar-refractivity contribution in [3.63, 3.8) is 0 Å². The molecule has 0 spiro atoms. The van der Waals surface area contributed by atoms with Gasteiger partial charge in [0, 0.05) is 42.9 Å². The van der Waals surface area contributed by atoms with Crippen LogP contribution >= 0.6 is 11.8 Å². The molecule has 0 saturated carbocycles. The summed E-state index contributed by atoms with van der Waals surface area (Å²) < 4.78 is 19.5. The first-order valence-electron chi connectivity index (χ1n) is 12.4. The molecule has 1 fully saturated rings. The van der Waals surface area contributed by atoms with E-state index in [1.54, 1.807) is 37.0 Å². The quantitative estimate of drug-likeness (QED) is 0.261. The number of rotatable bonds is 10. The number of carbonyl (C=O) groups is 2. The van der Waals surface area contributed by atoms with Crippen LogP contribution in [0.3, 0.4) is 0 Å². The van der Waals surface area contributed by atoms with Crippen LogP contribution in [0.4, 0.5) is 10.5 Å². The molecule has 1 saturated heterocycles. The molecule has 10 nitrogen and oxygen atoms in total. The van der Waals surface area contributed by atoms with Gasteiger partial charge in [-0.2, -0.15) is 0 Å². The summed E-state index contributed by atoms with van der Waals surface area (Å²) in [5, 5.41) is 15.5. The lowest BCUT2D eigenvalue weighted by molar-refractivity contribution is -0.245. The number of aryl methyl sites for hydroxylation is 1. The summed E-state index contributed by atoms with van der Waals surface area (Å²) in [4.78, 5) is 27.9. The summed E-state index contributed by atoms with van der Waals surface area (Å²) in [6.45, 7) is 1.74. The zero-order valence-corrected chi connectivity index (χ0v) is 22.1. The zero-order chi connectivity index (χ0) is 26.9. The number of anilines is 1. The highest BCUT2D eigenvalue weighted by Gasteiger charge is 2.32. The lowest BCUT2D eigenvalue weighted by Gasteiger charge is -2.36. The van der Waals surface area contributed by atoms with Gasteiger partial charge in [-0.3, -0.25) is 4.79 Å². The number of thioether (sulfide) groups is 1. The smallest absolute Gasteiger partial charge is 0.325 e. The fourth-order valence-electron chi connectivity index (χ4n) is 3.94. The molecule has 0 radical (unpaired) electrons. The Morgan fingerprint density at radius 3 is 2.53 bits per heavy atom. The lowest BCUT2D eigenvalue weighted by Crippen LogP contribution is -2.34. The molecule has 202 valence electrons. The van der Waals surface area contributed by atoms with Gasteiger partial charge in [-0.15, -0.1) is 0 Å². The summed E-state index contributed by atoms with van der Waals surface area (Å²) in [6, 6.07) is 14.4. The molecule has 2 aromatic carbocycles. The first kappa shape index (κ1) is 27.6. The van der Waals surface area contributed by atoms with Gasteiger partial charge >= 0.3 is 12.0 Å². The van der Waals surface area contributed by atoms with Crippen molar-refractivity contribution in [3.8, 4) is 0 Å². The van der Waals surface area contributed by atoms with Gasteiger partial charge in [0.1, 0.15) is 6.54 Å². The van der Waals surface area contributed by atoms with Gasteiger partial charge in [0.05, 0.1) is 25.4 Å². The number of aliphatic hydroxyl groups is 1. The van der Waals surface area contributed by atoms with Crippen molar-refractivity contribution in [1.29, 1.82) is 0 Å². The van der Waals surface area contributed by atoms with Crippen LogP contribution in [0, 0.1) is 0 Å². The monoisotopic (exact) mass is 540 g/mol. The molecule has 2 amide bonds. The number of ether oxygens (including phenoxy) is 3. The third-order valence-electron chi connectivity index (χ3n) is 5.93. The van der Waals surface area contributed by atoms with Crippen molar-refractivity contribution < 1.29 is 28.9 Å². The minimum atomic E-state index is -0.607. The molecule has 0 aliphatic carbocycles. The van der Waals surface area contributed by atoms with Gasteiger partial charge in [0.2, 0.25) is 0 Å². The number of nitrogens with zero attached hydrogens (tertiary/aromatic N) is 2. The van der Waals surface area contributed by atoms with Crippen molar-refractivity contribution in [1.82, 2.24) is 14.9 Å². The summed E-state index contributed by atoms with van der Waals surface area (Å²) in [5.74, 6) is 0.205. The topological polar surface area (TPSA) is 124 Å². The maximum atomic E-state index is 12.1. The predicted octanol–water partition coefficient (Wildman–Crippen LogP) is 3.93. The Bertz CT molecular complexity index is 1200. The molecule has 3 N–H and O–H groups in total. The van der Waals surface area contributed by atoms with E-state index < -0.39 is 18.3 Å². The number of carbonyl (C=O) groups excluding carboxylic acids is 2. The summed E-state index contributed by atoms with van der Waals surface area (Å²) in [7, 11) is 1.96. The maximum Gasteiger partial charge on any atom is 0.325 e.